The van der Waals surface area contributed by atoms with Gasteiger partial charge in [-0.05, 0) is 42.8 Å². The highest BCUT2D eigenvalue weighted by Crippen LogP contribution is 2.27. The molecule has 3 rings (SSSR count). The van der Waals surface area contributed by atoms with Gasteiger partial charge < -0.3 is 4.57 Å². The summed E-state index contributed by atoms with van der Waals surface area (Å²) in [6.07, 6.45) is 11.7. The molecule has 2 nitrogen and oxygen atoms in total. The molecule has 0 spiro atoms. The quantitative estimate of drug-likeness (QED) is 0.334. The Morgan fingerprint density at radius 3 is 2.33 bits per heavy atom. The van der Waals surface area contributed by atoms with E-state index in [1.54, 1.807) is 0 Å². The minimum absolute atomic E-state index is 0.650. The molecule has 0 radical (unpaired) electrons. The van der Waals surface area contributed by atoms with Crippen LogP contribution in [0.3, 0.4) is 0 Å². The summed E-state index contributed by atoms with van der Waals surface area (Å²) in [7, 11) is 0. The van der Waals surface area contributed by atoms with Gasteiger partial charge in [-0.25, -0.2) is 4.98 Å². The summed E-state index contributed by atoms with van der Waals surface area (Å²) in [5.74, 6) is 0.945. The molecule has 0 fully saturated rings. The summed E-state index contributed by atoms with van der Waals surface area (Å²) in [5, 5.41) is 1.30. The molecule has 0 unspecified atom stereocenters. The van der Waals surface area contributed by atoms with Crippen LogP contribution in [-0.4, -0.2) is 9.55 Å². The van der Waals surface area contributed by atoms with Crippen LogP contribution >= 0.6 is 23.2 Å². The molecule has 0 N–H and O–H groups in total. The summed E-state index contributed by atoms with van der Waals surface area (Å²) in [5.41, 5.74) is 3.03. The Morgan fingerprint density at radius 1 is 0.852 bits per heavy atom. The van der Waals surface area contributed by atoms with E-state index in [1.165, 1.54) is 37.6 Å². The first-order chi connectivity index (χ1) is 13.2. The van der Waals surface area contributed by atoms with Crippen LogP contribution in [0, 0.1) is 0 Å². The van der Waals surface area contributed by atoms with E-state index in [0.717, 1.165) is 29.9 Å². The van der Waals surface area contributed by atoms with Gasteiger partial charge in [0.05, 0.1) is 11.0 Å². The normalized spacial score (nSPS) is 11.7. The number of nitrogens with zero attached hydrogens (tertiary/aromatic N) is 2. The second kappa shape index (κ2) is 9.96. The van der Waals surface area contributed by atoms with Crippen molar-refractivity contribution in [2.75, 3.05) is 0 Å². The summed E-state index contributed by atoms with van der Waals surface area (Å²) in [6, 6.07) is 13.9. The smallest absolute Gasteiger partial charge is 0.133 e. The lowest BCUT2D eigenvalue weighted by Gasteiger charge is -2.07. The predicted molar refractivity (Wildman–Crippen MR) is 118 cm³/mol. The number of hydrogen-bond acceptors (Lipinski definition) is 1. The van der Waals surface area contributed by atoms with Crippen molar-refractivity contribution >= 4 is 46.4 Å². The number of halogens is 2. The largest absolute Gasteiger partial charge is 0.324 e. The molecule has 27 heavy (non-hydrogen) atoms. The summed E-state index contributed by atoms with van der Waals surface area (Å²) in [6.45, 7) is 3.23. The van der Waals surface area contributed by atoms with Gasteiger partial charge >= 0.3 is 0 Å². The van der Waals surface area contributed by atoms with E-state index in [-0.39, 0.29) is 0 Å². The van der Waals surface area contributed by atoms with Gasteiger partial charge in [-0.15, -0.1) is 0 Å². The van der Waals surface area contributed by atoms with E-state index < -0.39 is 0 Å². The van der Waals surface area contributed by atoms with E-state index in [0.29, 0.717) is 10.0 Å². The lowest BCUT2D eigenvalue weighted by molar-refractivity contribution is 0.562. The first kappa shape index (κ1) is 20.0. The van der Waals surface area contributed by atoms with Gasteiger partial charge in [-0.2, -0.15) is 0 Å². The Bertz CT molecular complexity index is 892. The summed E-state index contributed by atoms with van der Waals surface area (Å²) < 4.78 is 2.30. The summed E-state index contributed by atoms with van der Waals surface area (Å²) >= 11 is 12.6. The molecule has 0 aliphatic heterocycles. The molecule has 0 aliphatic carbocycles. The fourth-order valence-electron chi connectivity index (χ4n) is 3.33. The molecule has 0 aliphatic rings. The molecule has 142 valence electrons. The fourth-order valence-corrected chi connectivity index (χ4v) is 3.86. The second-order valence-corrected chi connectivity index (χ2v) is 7.66. The molecule has 0 saturated heterocycles. The second-order valence-electron chi connectivity index (χ2n) is 6.85. The SMILES string of the molecule is CCCCCCCCn1c(/C=C/c2c(Cl)cccc2Cl)nc2ccccc21. The standard InChI is InChI=1S/C23H26Cl2N2/c1-2-3-4-5-6-9-17-27-22-14-8-7-13-21(22)26-23(27)16-15-18-19(24)11-10-12-20(18)25/h7-8,10-16H,2-6,9,17H2,1H3/b16-15+. The Kier molecular flexibility index (Phi) is 7.37. The molecule has 0 saturated carbocycles. The van der Waals surface area contributed by atoms with Crippen molar-refractivity contribution in [1.29, 1.82) is 0 Å². The van der Waals surface area contributed by atoms with Crippen molar-refractivity contribution in [3.05, 3.63) is 63.9 Å². The van der Waals surface area contributed by atoms with Crippen LogP contribution in [-0.2, 0) is 6.54 Å². The maximum Gasteiger partial charge on any atom is 0.133 e. The Labute approximate surface area is 171 Å². The highest BCUT2D eigenvalue weighted by molar-refractivity contribution is 6.37. The number of para-hydroxylation sites is 2. The molecule has 0 atom stereocenters. The molecule has 1 heterocycles. The highest BCUT2D eigenvalue weighted by Gasteiger charge is 2.09. The highest BCUT2D eigenvalue weighted by atomic mass is 35.5. The van der Waals surface area contributed by atoms with Crippen LogP contribution in [0.15, 0.2) is 42.5 Å². The first-order valence-electron chi connectivity index (χ1n) is 9.78. The number of aromatic nitrogens is 2. The minimum Gasteiger partial charge on any atom is -0.324 e. The van der Waals surface area contributed by atoms with E-state index in [1.807, 2.05) is 36.4 Å². The predicted octanol–water partition coefficient (Wildman–Crippen LogP) is 7.87. The van der Waals surface area contributed by atoms with Crippen LogP contribution in [0.1, 0.15) is 56.8 Å². The molecular formula is C23H26Cl2N2. The Morgan fingerprint density at radius 2 is 1.56 bits per heavy atom. The fraction of sp³-hybridized carbons (Fsp3) is 0.348. The molecule has 4 heteroatoms. The van der Waals surface area contributed by atoms with Crippen molar-refractivity contribution in [2.45, 2.75) is 52.0 Å². The molecule has 1 aromatic heterocycles. The van der Waals surface area contributed by atoms with Crippen molar-refractivity contribution in [3.63, 3.8) is 0 Å². The average molecular weight is 401 g/mol. The van der Waals surface area contributed by atoms with Crippen molar-refractivity contribution in [2.24, 2.45) is 0 Å². The molecule has 3 aromatic rings. The van der Waals surface area contributed by atoms with Gasteiger partial charge in [0.25, 0.3) is 0 Å². The van der Waals surface area contributed by atoms with Crippen molar-refractivity contribution in [1.82, 2.24) is 9.55 Å². The number of aryl methyl sites for hydroxylation is 1. The van der Waals surface area contributed by atoms with Crippen LogP contribution in [0.4, 0.5) is 0 Å². The van der Waals surface area contributed by atoms with E-state index in [4.69, 9.17) is 28.2 Å². The molecule has 2 aromatic carbocycles. The topological polar surface area (TPSA) is 17.8 Å². The maximum atomic E-state index is 6.30. The van der Waals surface area contributed by atoms with Crippen LogP contribution in [0.2, 0.25) is 10.0 Å². The van der Waals surface area contributed by atoms with Crippen LogP contribution < -0.4 is 0 Å². The molecular weight excluding hydrogens is 375 g/mol. The van der Waals surface area contributed by atoms with Crippen molar-refractivity contribution < 1.29 is 0 Å². The third-order valence-corrected chi connectivity index (χ3v) is 5.48. The van der Waals surface area contributed by atoms with E-state index in [2.05, 4.69) is 29.7 Å². The Balaban J connectivity index is 1.81. The lowest BCUT2D eigenvalue weighted by atomic mass is 10.1. The van der Waals surface area contributed by atoms with Crippen LogP contribution in [0.5, 0.6) is 0 Å². The van der Waals surface area contributed by atoms with Gasteiger partial charge in [-0.3, -0.25) is 0 Å². The molecule has 0 bridgehead atoms. The summed E-state index contributed by atoms with van der Waals surface area (Å²) in [4.78, 5) is 4.81. The minimum atomic E-state index is 0.650. The van der Waals surface area contributed by atoms with Gasteiger partial charge in [0.2, 0.25) is 0 Å². The molecule has 0 amide bonds. The Hall–Kier alpha value is -1.77. The maximum absolute atomic E-state index is 6.30. The van der Waals surface area contributed by atoms with E-state index in [9.17, 15) is 0 Å². The zero-order chi connectivity index (χ0) is 19.1. The lowest BCUT2D eigenvalue weighted by Crippen LogP contribution is -2.00. The zero-order valence-electron chi connectivity index (χ0n) is 15.8. The number of unbranched alkanes of at least 4 members (excludes halogenated alkanes) is 5. The third kappa shape index (κ3) is 5.15. The van der Waals surface area contributed by atoms with Gasteiger partial charge in [0.15, 0.2) is 0 Å². The van der Waals surface area contributed by atoms with Crippen molar-refractivity contribution in [3.8, 4) is 0 Å². The van der Waals surface area contributed by atoms with Gasteiger partial charge in [-0.1, -0.05) is 80.4 Å². The third-order valence-electron chi connectivity index (χ3n) is 4.82. The van der Waals surface area contributed by atoms with Crippen LogP contribution in [0.25, 0.3) is 23.2 Å². The number of hydrogen-bond donors (Lipinski definition) is 0. The van der Waals surface area contributed by atoms with Gasteiger partial charge in [0, 0.05) is 22.2 Å². The number of rotatable bonds is 9. The van der Waals surface area contributed by atoms with E-state index >= 15 is 0 Å². The monoisotopic (exact) mass is 400 g/mol. The zero-order valence-corrected chi connectivity index (χ0v) is 17.3. The van der Waals surface area contributed by atoms with Gasteiger partial charge in [0.1, 0.15) is 5.82 Å². The average Bonchev–Trinajstić information content (AvgIpc) is 3.02. The number of imidazole rings is 1. The number of benzene rings is 2. The first-order valence-corrected chi connectivity index (χ1v) is 10.5. The number of fused-ring (bicyclic) bond motifs is 1.